The fourth-order valence-electron chi connectivity index (χ4n) is 1.80. The van der Waals surface area contributed by atoms with E-state index in [2.05, 4.69) is 6.92 Å². The lowest BCUT2D eigenvalue weighted by molar-refractivity contribution is 0.317. The highest BCUT2D eigenvalue weighted by Gasteiger charge is 2.01. The molecule has 18 heavy (non-hydrogen) atoms. The molecule has 2 aromatic carbocycles. The lowest BCUT2D eigenvalue weighted by Crippen LogP contribution is -1.95. The SMILES string of the molecule is CCCOc1ccc(Cc2ccccc2O)cc1. The second-order valence-corrected chi connectivity index (χ2v) is 4.30. The van der Waals surface area contributed by atoms with Crippen LogP contribution in [0.15, 0.2) is 48.5 Å². The Morgan fingerprint density at radius 2 is 1.72 bits per heavy atom. The van der Waals surface area contributed by atoms with Crippen molar-refractivity contribution in [3.8, 4) is 11.5 Å². The maximum Gasteiger partial charge on any atom is 0.119 e. The Labute approximate surface area is 108 Å². The summed E-state index contributed by atoms with van der Waals surface area (Å²) in [6.45, 7) is 2.84. The van der Waals surface area contributed by atoms with E-state index in [0.29, 0.717) is 5.75 Å². The predicted molar refractivity (Wildman–Crippen MR) is 73.1 cm³/mol. The fourth-order valence-corrected chi connectivity index (χ4v) is 1.80. The average Bonchev–Trinajstić information content (AvgIpc) is 2.41. The lowest BCUT2D eigenvalue weighted by atomic mass is 10.0. The van der Waals surface area contributed by atoms with Gasteiger partial charge in [0.25, 0.3) is 0 Å². The maximum absolute atomic E-state index is 9.72. The van der Waals surface area contributed by atoms with Crippen molar-refractivity contribution in [2.45, 2.75) is 19.8 Å². The number of ether oxygens (including phenoxy) is 1. The minimum Gasteiger partial charge on any atom is -0.508 e. The molecule has 0 radical (unpaired) electrons. The van der Waals surface area contributed by atoms with Gasteiger partial charge < -0.3 is 9.84 Å². The van der Waals surface area contributed by atoms with E-state index in [1.165, 1.54) is 5.56 Å². The lowest BCUT2D eigenvalue weighted by Gasteiger charge is -2.07. The molecular formula is C16H18O2. The largest absolute Gasteiger partial charge is 0.508 e. The predicted octanol–water partition coefficient (Wildman–Crippen LogP) is 3.77. The summed E-state index contributed by atoms with van der Waals surface area (Å²) in [6.07, 6.45) is 1.75. The second kappa shape index (κ2) is 6.10. The Hall–Kier alpha value is -1.96. The van der Waals surface area contributed by atoms with Gasteiger partial charge in [-0.05, 0) is 35.7 Å². The summed E-state index contributed by atoms with van der Waals surface area (Å²) in [5, 5.41) is 9.72. The summed E-state index contributed by atoms with van der Waals surface area (Å²) in [4.78, 5) is 0. The first-order valence-corrected chi connectivity index (χ1v) is 6.28. The molecule has 2 rings (SSSR count). The number of phenolic OH excluding ortho intramolecular Hbond substituents is 1. The van der Waals surface area contributed by atoms with Crippen molar-refractivity contribution in [2.75, 3.05) is 6.61 Å². The van der Waals surface area contributed by atoms with E-state index in [9.17, 15) is 5.11 Å². The van der Waals surface area contributed by atoms with E-state index in [1.54, 1.807) is 6.07 Å². The smallest absolute Gasteiger partial charge is 0.119 e. The minimum absolute atomic E-state index is 0.351. The molecule has 2 aromatic rings. The van der Waals surface area contributed by atoms with Crippen LogP contribution in [0.2, 0.25) is 0 Å². The van der Waals surface area contributed by atoms with Crippen LogP contribution in [0, 0.1) is 0 Å². The van der Waals surface area contributed by atoms with Crippen LogP contribution in [0.3, 0.4) is 0 Å². The van der Waals surface area contributed by atoms with Crippen LogP contribution in [0.25, 0.3) is 0 Å². The molecule has 0 amide bonds. The molecule has 2 heteroatoms. The van der Waals surface area contributed by atoms with Crippen molar-refractivity contribution in [3.05, 3.63) is 59.7 Å². The molecule has 0 aliphatic heterocycles. The number of para-hydroxylation sites is 1. The van der Waals surface area contributed by atoms with E-state index >= 15 is 0 Å². The summed E-state index contributed by atoms with van der Waals surface area (Å²) in [5.74, 6) is 1.25. The van der Waals surface area contributed by atoms with Crippen LogP contribution in [-0.4, -0.2) is 11.7 Å². The van der Waals surface area contributed by atoms with Gasteiger partial charge in [-0.15, -0.1) is 0 Å². The van der Waals surface area contributed by atoms with Gasteiger partial charge in [0.2, 0.25) is 0 Å². The summed E-state index contributed by atoms with van der Waals surface area (Å²) in [6, 6.07) is 15.5. The molecular weight excluding hydrogens is 224 g/mol. The van der Waals surface area contributed by atoms with Crippen molar-refractivity contribution in [2.24, 2.45) is 0 Å². The summed E-state index contributed by atoms with van der Waals surface area (Å²) in [5.41, 5.74) is 2.11. The molecule has 0 aliphatic rings. The highest BCUT2D eigenvalue weighted by molar-refractivity contribution is 5.37. The van der Waals surface area contributed by atoms with E-state index in [1.807, 2.05) is 42.5 Å². The van der Waals surface area contributed by atoms with Gasteiger partial charge in [0.05, 0.1) is 6.61 Å². The summed E-state index contributed by atoms with van der Waals surface area (Å²) in [7, 11) is 0. The Bertz CT molecular complexity index is 489. The van der Waals surface area contributed by atoms with Crippen molar-refractivity contribution in [1.29, 1.82) is 0 Å². The van der Waals surface area contributed by atoms with E-state index in [4.69, 9.17) is 4.74 Å². The van der Waals surface area contributed by atoms with Gasteiger partial charge >= 0.3 is 0 Å². The number of phenols is 1. The third-order valence-corrected chi connectivity index (χ3v) is 2.78. The van der Waals surface area contributed by atoms with Crippen molar-refractivity contribution in [3.63, 3.8) is 0 Å². The first kappa shape index (κ1) is 12.5. The van der Waals surface area contributed by atoms with Gasteiger partial charge in [0.15, 0.2) is 0 Å². The van der Waals surface area contributed by atoms with Crippen LogP contribution in [0.1, 0.15) is 24.5 Å². The molecule has 0 heterocycles. The quantitative estimate of drug-likeness (QED) is 0.864. The number of rotatable bonds is 5. The van der Waals surface area contributed by atoms with Gasteiger partial charge in [0, 0.05) is 6.42 Å². The van der Waals surface area contributed by atoms with Crippen LogP contribution >= 0.6 is 0 Å². The number of benzene rings is 2. The zero-order valence-electron chi connectivity index (χ0n) is 10.6. The zero-order valence-corrected chi connectivity index (χ0v) is 10.6. The van der Waals surface area contributed by atoms with Gasteiger partial charge in [-0.25, -0.2) is 0 Å². The third-order valence-electron chi connectivity index (χ3n) is 2.78. The number of hydrogen-bond acceptors (Lipinski definition) is 2. The monoisotopic (exact) mass is 242 g/mol. The Morgan fingerprint density at radius 1 is 1.00 bits per heavy atom. The van der Waals surface area contributed by atoms with Gasteiger partial charge in [-0.1, -0.05) is 37.3 Å². The zero-order chi connectivity index (χ0) is 12.8. The highest BCUT2D eigenvalue weighted by Crippen LogP contribution is 2.21. The normalized spacial score (nSPS) is 10.3. The van der Waals surface area contributed by atoms with Crippen molar-refractivity contribution in [1.82, 2.24) is 0 Å². The van der Waals surface area contributed by atoms with Gasteiger partial charge in [0.1, 0.15) is 11.5 Å². The van der Waals surface area contributed by atoms with E-state index in [0.717, 1.165) is 30.8 Å². The highest BCUT2D eigenvalue weighted by atomic mass is 16.5. The Morgan fingerprint density at radius 3 is 2.39 bits per heavy atom. The van der Waals surface area contributed by atoms with E-state index < -0.39 is 0 Å². The molecule has 0 aromatic heterocycles. The maximum atomic E-state index is 9.72. The van der Waals surface area contributed by atoms with Crippen molar-refractivity contribution < 1.29 is 9.84 Å². The van der Waals surface area contributed by atoms with Gasteiger partial charge in [-0.3, -0.25) is 0 Å². The average molecular weight is 242 g/mol. The second-order valence-electron chi connectivity index (χ2n) is 4.30. The molecule has 0 bridgehead atoms. The molecule has 0 atom stereocenters. The van der Waals surface area contributed by atoms with Crippen LogP contribution in [0.5, 0.6) is 11.5 Å². The summed E-state index contributed by atoms with van der Waals surface area (Å²) >= 11 is 0. The molecule has 0 spiro atoms. The molecule has 94 valence electrons. The topological polar surface area (TPSA) is 29.5 Å². The number of aromatic hydroxyl groups is 1. The molecule has 0 unspecified atom stereocenters. The fraction of sp³-hybridized carbons (Fsp3) is 0.250. The molecule has 1 N–H and O–H groups in total. The Kier molecular flexibility index (Phi) is 4.24. The van der Waals surface area contributed by atoms with Crippen LogP contribution < -0.4 is 4.74 Å². The first-order chi connectivity index (χ1) is 8.79. The molecule has 2 nitrogen and oxygen atoms in total. The van der Waals surface area contributed by atoms with E-state index in [-0.39, 0.29) is 0 Å². The van der Waals surface area contributed by atoms with Gasteiger partial charge in [-0.2, -0.15) is 0 Å². The number of hydrogen-bond donors (Lipinski definition) is 1. The third kappa shape index (κ3) is 3.27. The van der Waals surface area contributed by atoms with Crippen LogP contribution in [-0.2, 0) is 6.42 Å². The first-order valence-electron chi connectivity index (χ1n) is 6.28. The van der Waals surface area contributed by atoms with Crippen LogP contribution in [0.4, 0.5) is 0 Å². The summed E-state index contributed by atoms with van der Waals surface area (Å²) < 4.78 is 5.53. The molecule has 0 saturated heterocycles. The molecule has 0 saturated carbocycles. The molecule has 0 fully saturated rings. The van der Waals surface area contributed by atoms with Crippen molar-refractivity contribution >= 4 is 0 Å². The standard InChI is InChI=1S/C16H18O2/c1-2-11-18-15-9-7-13(8-10-15)12-14-5-3-4-6-16(14)17/h3-10,17H,2,11-12H2,1H3. The molecule has 0 aliphatic carbocycles. The Balaban J connectivity index is 2.04. The minimum atomic E-state index is 0.351.